The molecule has 0 spiro atoms. The normalized spacial score (nSPS) is 10.9. The molecule has 0 atom stereocenters. The smallest absolute Gasteiger partial charge is 0.401 e. The second-order valence-electron chi connectivity index (χ2n) is 2.27. The first-order chi connectivity index (χ1) is 6.83. The Kier molecular flexibility index (Phi) is 3.77. The number of alkyl halides is 3. The standard InChI is InChI=1S/C7HBrF3IN2O/c8-6-5(15-7(9,10)11)3(2-13)1-4(12)14-6/h1H. The van der Waals surface area contributed by atoms with Crippen molar-refractivity contribution < 1.29 is 17.9 Å². The van der Waals surface area contributed by atoms with E-state index in [1.54, 1.807) is 28.7 Å². The van der Waals surface area contributed by atoms with Gasteiger partial charge in [-0.05, 0) is 44.6 Å². The molecular formula is C7HBrF3IN2O. The van der Waals surface area contributed by atoms with Gasteiger partial charge >= 0.3 is 6.36 Å². The summed E-state index contributed by atoms with van der Waals surface area (Å²) < 4.78 is 39.8. The lowest BCUT2D eigenvalue weighted by Crippen LogP contribution is -2.18. The Morgan fingerprint density at radius 1 is 1.53 bits per heavy atom. The first-order valence-corrected chi connectivity index (χ1v) is 5.22. The minimum absolute atomic E-state index is 0.150. The summed E-state index contributed by atoms with van der Waals surface area (Å²) in [6.45, 7) is 0. The third-order valence-electron chi connectivity index (χ3n) is 1.24. The molecule has 0 aliphatic heterocycles. The second kappa shape index (κ2) is 4.52. The average molecular weight is 393 g/mol. The minimum Gasteiger partial charge on any atom is -0.401 e. The molecule has 0 fully saturated rings. The lowest BCUT2D eigenvalue weighted by atomic mass is 10.3. The van der Waals surface area contributed by atoms with Gasteiger partial charge in [0.15, 0.2) is 10.4 Å². The zero-order chi connectivity index (χ0) is 11.6. The van der Waals surface area contributed by atoms with Gasteiger partial charge in [-0.25, -0.2) is 4.98 Å². The summed E-state index contributed by atoms with van der Waals surface area (Å²) in [6.07, 6.45) is -4.84. The van der Waals surface area contributed by atoms with Crippen LogP contribution in [0.25, 0.3) is 0 Å². The molecule has 0 aliphatic rings. The molecule has 0 bridgehead atoms. The molecule has 0 aromatic carbocycles. The van der Waals surface area contributed by atoms with Crippen LogP contribution >= 0.6 is 38.5 Å². The Morgan fingerprint density at radius 3 is 2.60 bits per heavy atom. The number of hydrogen-bond donors (Lipinski definition) is 0. The van der Waals surface area contributed by atoms with E-state index in [-0.39, 0.29) is 10.2 Å². The number of nitriles is 1. The predicted molar refractivity (Wildman–Crippen MR) is 56.1 cm³/mol. The highest BCUT2D eigenvalue weighted by Crippen LogP contribution is 2.32. The first kappa shape index (κ1) is 12.5. The average Bonchev–Trinajstić information content (AvgIpc) is 2.07. The van der Waals surface area contributed by atoms with Crippen LogP contribution in [0.15, 0.2) is 10.7 Å². The van der Waals surface area contributed by atoms with Gasteiger partial charge < -0.3 is 4.74 Å². The molecule has 0 N–H and O–H groups in total. The maximum atomic E-state index is 12.0. The molecule has 0 saturated heterocycles. The summed E-state index contributed by atoms with van der Waals surface area (Å²) >= 11 is 4.58. The van der Waals surface area contributed by atoms with E-state index in [0.717, 1.165) is 0 Å². The Morgan fingerprint density at radius 2 is 2.13 bits per heavy atom. The van der Waals surface area contributed by atoms with Crippen molar-refractivity contribution in [1.82, 2.24) is 4.98 Å². The molecule has 1 aromatic heterocycles. The highest BCUT2D eigenvalue weighted by atomic mass is 127. The van der Waals surface area contributed by atoms with Crippen molar-refractivity contribution in [1.29, 1.82) is 5.26 Å². The molecule has 1 heterocycles. The van der Waals surface area contributed by atoms with Crippen LogP contribution in [-0.4, -0.2) is 11.3 Å². The third kappa shape index (κ3) is 3.49. The van der Waals surface area contributed by atoms with Crippen molar-refractivity contribution in [3.63, 3.8) is 0 Å². The van der Waals surface area contributed by atoms with Gasteiger partial charge in [0.1, 0.15) is 9.77 Å². The Balaban J connectivity index is 3.23. The summed E-state index contributed by atoms with van der Waals surface area (Å²) in [5.41, 5.74) is -0.224. The van der Waals surface area contributed by atoms with Crippen LogP contribution in [0.3, 0.4) is 0 Å². The van der Waals surface area contributed by atoms with Gasteiger partial charge in [-0.1, -0.05) is 0 Å². The molecule has 0 amide bonds. The molecule has 1 rings (SSSR count). The quantitative estimate of drug-likeness (QED) is 0.544. The van der Waals surface area contributed by atoms with Crippen LogP contribution in [0.4, 0.5) is 13.2 Å². The van der Waals surface area contributed by atoms with Crippen molar-refractivity contribution >= 4 is 38.5 Å². The Bertz CT molecular complexity index is 429. The fraction of sp³-hybridized carbons (Fsp3) is 0.143. The summed E-state index contributed by atoms with van der Waals surface area (Å²) in [6, 6.07) is 2.80. The van der Waals surface area contributed by atoms with E-state index in [1.807, 2.05) is 0 Å². The number of ether oxygens (including phenoxy) is 1. The summed E-state index contributed by atoms with van der Waals surface area (Å²) in [4.78, 5) is 3.69. The lowest BCUT2D eigenvalue weighted by Gasteiger charge is -2.11. The monoisotopic (exact) mass is 392 g/mol. The van der Waals surface area contributed by atoms with Crippen LogP contribution < -0.4 is 4.74 Å². The van der Waals surface area contributed by atoms with E-state index in [9.17, 15) is 13.2 Å². The number of nitrogens with zero attached hydrogens (tertiary/aromatic N) is 2. The molecular weight excluding hydrogens is 392 g/mol. The highest BCUT2D eigenvalue weighted by molar-refractivity contribution is 14.1. The largest absolute Gasteiger partial charge is 0.573 e. The lowest BCUT2D eigenvalue weighted by molar-refractivity contribution is -0.275. The summed E-state index contributed by atoms with van der Waals surface area (Å²) in [5.74, 6) is -0.620. The fourth-order valence-electron chi connectivity index (χ4n) is 0.768. The number of hydrogen-bond acceptors (Lipinski definition) is 3. The predicted octanol–water partition coefficient (Wildman–Crippen LogP) is 3.22. The van der Waals surface area contributed by atoms with Gasteiger partial charge in [0.05, 0.1) is 5.56 Å². The van der Waals surface area contributed by atoms with E-state index in [0.29, 0.717) is 3.70 Å². The first-order valence-electron chi connectivity index (χ1n) is 3.35. The molecule has 15 heavy (non-hydrogen) atoms. The zero-order valence-corrected chi connectivity index (χ0v) is 10.5. The van der Waals surface area contributed by atoms with Crippen molar-refractivity contribution in [3.05, 3.63) is 19.9 Å². The number of rotatable bonds is 1. The minimum atomic E-state index is -4.84. The molecule has 0 saturated carbocycles. The number of halogens is 5. The molecule has 0 unspecified atom stereocenters. The topological polar surface area (TPSA) is 45.9 Å². The van der Waals surface area contributed by atoms with Crippen LogP contribution in [0.1, 0.15) is 5.56 Å². The van der Waals surface area contributed by atoms with Gasteiger partial charge in [-0.15, -0.1) is 13.2 Å². The SMILES string of the molecule is N#Cc1cc(I)nc(Br)c1OC(F)(F)F. The van der Waals surface area contributed by atoms with Gasteiger partial charge in [-0.2, -0.15) is 5.26 Å². The highest BCUT2D eigenvalue weighted by Gasteiger charge is 2.33. The van der Waals surface area contributed by atoms with Crippen LogP contribution in [0.2, 0.25) is 0 Å². The molecule has 3 nitrogen and oxygen atoms in total. The molecule has 1 aromatic rings. The van der Waals surface area contributed by atoms with Gasteiger partial charge in [-0.3, -0.25) is 0 Å². The number of pyridine rings is 1. The van der Waals surface area contributed by atoms with Crippen LogP contribution in [0, 0.1) is 15.0 Å². The molecule has 0 radical (unpaired) electrons. The maximum Gasteiger partial charge on any atom is 0.573 e. The molecule has 8 heteroatoms. The van der Waals surface area contributed by atoms with E-state index >= 15 is 0 Å². The second-order valence-corrected chi connectivity index (χ2v) is 4.13. The van der Waals surface area contributed by atoms with Crippen molar-refractivity contribution in [2.75, 3.05) is 0 Å². The van der Waals surface area contributed by atoms with Gasteiger partial charge in [0, 0.05) is 0 Å². The van der Waals surface area contributed by atoms with Gasteiger partial charge in [0.25, 0.3) is 0 Å². The molecule has 80 valence electrons. The maximum absolute atomic E-state index is 12.0. The van der Waals surface area contributed by atoms with E-state index < -0.39 is 12.1 Å². The fourth-order valence-corrected chi connectivity index (χ4v) is 2.14. The summed E-state index contributed by atoms with van der Waals surface area (Å²) in [7, 11) is 0. The Hall–Kier alpha value is -0.560. The van der Waals surface area contributed by atoms with Crippen molar-refractivity contribution in [2.45, 2.75) is 6.36 Å². The zero-order valence-electron chi connectivity index (χ0n) is 6.77. The van der Waals surface area contributed by atoms with E-state index in [1.165, 1.54) is 6.07 Å². The van der Waals surface area contributed by atoms with E-state index in [4.69, 9.17) is 5.26 Å². The van der Waals surface area contributed by atoms with E-state index in [2.05, 4.69) is 25.7 Å². The number of aromatic nitrogens is 1. The summed E-state index contributed by atoms with van der Waals surface area (Å²) in [5, 5.41) is 8.61. The third-order valence-corrected chi connectivity index (χ3v) is 2.33. The van der Waals surface area contributed by atoms with Crippen molar-refractivity contribution in [2.24, 2.45) is 0 Å². The van der Waals surface area contributed by atoms with Crippen LogP contribution in [-0.2, 0) is 0 Å². The van der Waals surface area contributed by atoms with Crippen LogP contribution in [0.5, 0.6) is 5.75 Å². The molecule has 0 aliphatic carbocycles. The van der Waals surface area contributed by atoms with Gasteiger partial charge in [0.2, 0.25) is 0 Å². The van der Waals surface area contributed by atoms with Crippen molar-refractivity contribution in [3.8, 4) is 11.8 Å². The Labute approximate surface area is 105 Å².